The van der Waals surface area contributed by atoms with E-state index in [-0.39, 0.29) is 35.6 Å². The summed E-state index contributed by atoms with van der Waals surface area (Å²) >= 11 is 0. The molecule has 7 heteroatoms. The molecule has 0 aliphatic heterocycles. The molecular weight excluding hydrogens is 337 g/mol. The Morgan fingerprint density at radius 2 is 1.85 bits per heavy atom. The fourth-order valence-electron chi connectivity index (χ4n) is 2.83. The molecular formula is C19H18FN3O3. The average Bonchev–Trinajstić information content (AvgIpc) is 2.64. The zero-order chi connectivity index (χ0) is 18.7. The van der Waals surface area contributed by atoms with Gasteiger partial charge in [-0.15, -0.1) is 0 Å². The number of fused-ring (bicyclic) bond motifs is 1. The molecule has 1 heterocycles. The highest BCUT2D eigenvalue weighted by molar-refractivity contribution is 5.81. The number of H-pyrrole nitrogens is 1. The van der Waals surface area contributed by atoms with E-state index < -0.39 is 11.1 Å². The molecule has 0 aliphatic carbocycles. The fraction of sp³-hybridized carbons (Fsp3) is 0.211. The Hall–Kier alpha value is -3.22. The van der Waals surface area contributed by atoms with E-state index in [2.05, 4.69) is 5.10 Å². The van der Waals surface area contributed by atoms with Gasteiger partial charge in [0.2, 0.25) is 5.91 Å². The van der Waals surface area contributed by atoms with Crippen molar-refractivity contribution in [3.8, 4) is 0 Å². The highest BCUT2D eigenvalue weighted by Crippen LogP contribution is 2.08. The van der Waals surface area contributed by atoms with Gasteiger partial charge in [-0.2, -0.15) is 0 Å². The number of benzene rings is 2. The number of hydrogen-bond acceptors (Lipinski definition) is 3. The highest BCUT2D eigenvalue weighted by Gasteiger charge is 2.16. The maximum Gasteiger partial charge on any atom is 0.273 e. The lowest BCUT2D eigenvalue weighted by Crippen LogP contribution is -2.39. The Morgan fingerprint density at radius 1 is 1.12 bits per heavy atom. The van der Waals surface area contributed by atoms with Crippen LogP contribution in [0, 0.1) is 5.82 Å². The van der Waals surface area contributed by atoms with Gasteiger partial charge in [0.05, 0.1) is 10.8 Å². The summed E-state index contributed by atoms with van der Waals surface area (Å²) < 4.78 is 14.3. The second-order valence-electron chi connectivity index (χ2n) is 5.92. The molecule has 1 N–H and O–H groups in total. The first-order chi connectivity index (χ1) is 12.5. The van der Waals surface area contributed by atoms with Gasteiger partial charge in [-0.25, -0.2) is 9.07 Å². The van der Waals surface area contributed by atoms with E-state index in [4.69, 9.17) is 0 Å². The number of halogens is 1. The van der Waals surface area contributed by atoms with Crippen LogP contribution in [0.5, 0.6) is 0 Å². The summed E-state index contributed by atoms with van der Waals surface area (Å²) in [6.07, 6.45) is 0. The summed E-state index contributed by atoms with van der Waals surface area (Å²) in [6.45, 7) is 2.12. The molecule has 2 aromatic carbocycles. The minimum absolute atomic E-state index is 0.222. The van der Waals surface area contributed by atoms with E-state index in [1.807, 2.05) is 0 Å². The third-order valence-electron chi connectivity index (χ3n) is 4.17. The topological polar surface area (TPSA) is 75.2 Å². The number of carbonyl (C=O) groups excluding carboxylic acids is 1. The summed E-state index contributed by atoms with van der Waals surface area (Å²) in [5.74, 6) is -0.717. The third-order valence-corrected chi connectivity index (χ3v) is 4.17. The molecule has 0 atom stereocenters. The predicted molar refractivity (Wildman–Crippen MR) is 96.3 cm³/mol. The van der Waals surface area contributed by atoms with Crippen LogP contribution in [-0.4, -0.2) is 27.1 Å². The number of nitrogens with one attached hydrogen (secondary N) is 1. The van der Waals surface area contributed by atoms with Crippen LogP contribution in [0.4, 0.5) is 4.39 Å². The van der Waals surface area contributed by atoms with E-state index in [9.17, 15) is 18.8 Å². The van der Waals surface area contributed by atoms with Crippen molar-refractivity contribution in [1.82, 2.24) is 14.7 Å². The van der Waals surface area contributed by atoms with Gasteiger partial charge in [-0.05, 0) is 36.8 Å². The number of likely N-dealkylation sites (N-methyl/N-ethyl adjacent to an activating group) is 1. The molecule has 0 saturated heterocycles. The smallest absolute Gasteiger partial charge is 0.273 e. The van der Waals surface area contributed by atoms with Gasteiger partial charge < -0.3 is 4.90 Å². The molecule has 0 fully saturated rings. The van der Waals surface area contributed by atoms with Gasteiger partial charge in [-0.1, -0.05) is 24.3 Å². The van der Waals surface area contributed by atoms with Crippen LogP contribution in [0.2, 0.25) is 0 Å². The first-order valence-corrected chi connectivity index (χ1v) is 8.23. The maximum absolute atomic E-state index is 13.3. The van der Waals surface area contributed by atoms with Crippen LogP contribution >= 0.6 is 0 Å². The lowest BCUT2D eigenvalue weighted by Gasteiger charge is -2.21. The fourth-order valence-corrected chi connectivity index (χ4v) is 2.83. The number of nitrogens with zero attached hydrogens (tertiary/aromatic N) is 2. The average molecular weight is 355 g/mol. The Bertz CT molecular complexity index is 1070. The molecule has 1 aromatic heterocycles. The minimum atomic E-state index is -0.435. The summed E-state index contributed by atoms with van der Waals surface area (Å²) in [5, 5.41) is 2.99. The van der Waals surface area contributed by atoms with Crippen molar-refractivity contribution in [2.75, 3.05) is 6.54 Å². The van der Waals surface area contributed by atoms with E-state index in [0.717, 1.165) is 4.68 Å². The number of aromatic amines is 1. The molecule has 3 aromatic rings. The molecule has 134 valence electrons. The summed E-state index contributed by atoms with van der Waals surface area (Å²) in [4.78, 5) is 38.7. The van der Waals surface area contributed by atoms with Gasteiger partial charge >= 0.3 is 0 Å². The first-order valence-electron chi connectivity index (χ1n) is 8.23. The Balaban J connectivity index is 1.86. The Morgan fingerprint density at radius 3 is 2.54 bits per heavy atom. The van der Waals surface area contributed by atoms with Crippen molar-refractivity contribution in [3.63, 3.8) is 0 Å². The van der Waals surface area contributed by atoms with Gasteiger partial charge in [0.25, 0.3) is 11.1 Å². The summed E-state index contributed by atoms with van der Waals surface area (Å²) in [7, 11) is 0. The number of amides is 1. The number of hydrogen-bond donors (Lipinski definition) is 1. The molecule has 0 spiro atoms. The van der Waals surface area contributed by atoms with Crippen LogP contribution < -0.4 is 11.1 Å². The van der Waals surface area contributed by atoms with E-state index >= 15 is 0 Å². The standard InChI is InChI=1S/C19H18FN3O3/c1-2-22(11-13-6-5-7-14(20)10-13)17(24)12-23-19(26)16-9-4-3-8-15(16)18(25)21-23/h3-10H,2,11-12H2,1H3,(H,21,25). The van der Waals surface area contributed by atoms with Gasteiger partial charge in [-0.3, -0.25) is 19.5 Å². The van der Waals surface area contributed by atoms with Gasteiger partial charge in [0.15, 0.2) is 0 Å². The van der Waals surface area contributed by atoms with Crippen molar-refractivity contribution >= 4 is 16.7 Å². The zero-order valence-corrected chi connectivity index (χ0v) is 14.2. The molecule has 0 unspecified atom stereocenters. The minimum Gasteiger partial charge on any atom is -0.337 e. The SMILES string of the molecule is CCN(Cc1cccc(F)c1)C(=O)Cn1[nH]c(=O)c2ccccc2c1=O. The van der Waals surface area contributed by atoms with Crippen LogP contribution in [0.1, 0.15) is 12.5 Å². The van der Waals surface area contributed by atoms with Crippen molar-refractivity contribution in [2.24, 2.45) is 0 Å². The summed E-state index contributed by atoms with van der Waals surface area (Å²) in [5.41, 5.74) is -0.212. The summed E-state index contributed by atoms with van der Waals surface area (Å²) in [6, 6.07) is 12.4. The number of carbonyl (C=O) groups is 1. The molecule has 26 heavy (non-hydrogen) atoms. The molecule has 1 amide bonds. The van der Waals surface area contributed by atoms with E-state index in [0.29, 0.717) is 12.1 Å². The monoisotopic (exact) mass is 355 g/mol. The van der Waals surface area contributed by atoms with Crippen molar-refractivity contribution in [1.29, 1.82) is 0 Å². The molecule has 0 saturated carbocycles. The first kappa shape index (κ1) is 17.6. The van der Waals surface area contributed by atoms with Crippen molar-refractivity contribution in [2.45, 2.75) is 20.0 Å². The van der Waals surface area contributed by atoms with Crippen molar-refractivity contribution in [3.05, 3.63) is 80.6 Å². The number of rotatable bonds is 5. The van der Waals surface area contributed by atoms with Crippen LogP contribution in [-0.2, 0) is 17.9 Å². The maximum atomic E-state index is 13.3. The lowest BCUT2D eigenvalue weighted by molar-refractivity contribution is -0.132. The lowest BCUT2D eigenvalue weighted by atomic mass is 10.2. The number of aromatic nitrogens is 2. The normalized spacial score (nSPS) is 10.8. The van der Waals surface area contributed by atoms with Crippen LogP contribution in [0.25, 0.3) is 10.8 Å². The molecule has 0 bridgehead atoms. The van der Waals surface area contributed by atoms with E-state index in [1.54, 1.807) is 43.3 Å². The molecule has 6 nitrogen and oxygen atoms in total. The Labute approximate surface area is 148 Å². The van der Waals surface area contributed by atoms with E-state index in [1.165, 1.54) is 17.0 Å². The Kier molecular flexibility index (Phi) is 4.97. The second kappa shape index (κ2) is 7.35. The van der Waals surface area contributed by atoms with Crippen LogP contribution in [0.3, 0.4) is 0 Å². The molecule has 3 rings (SSSR count). The second-order valence-corrected chi connectivity index (χ2v) is 5.92. The third kappa shape index (κ3) is 3.56. The largest absolute Gasteiger partial charge is 0.337 e. The van der Waals surface area contributed by atoms with Gasteiger partial charge in [0, 0.05) is 13.1 Å². The van der Waals surface area contributed by atoms with Crippen LogP contribution in [0.15, 0.2) is 58.1 Å². The highest BCUT2D eigenvalue weighted by atomic mass is 19.1. The quantitative estimate of drug-likeness (QED) is 0.759. The molecule has 0 radical (unpaired) electrons. The molecule has 0 aliphatic rings. The van der Waals surface area contributed by atoms with Gasteiger partial charge in [0.1, 0.15) is 12.4 Å². The predicted octanol–water partition coefficient (Wildman–Crippen LogP) is 1.88. The zero-order valence-electron chi connectivity index (χ0n) is 14.2. The van der Waals surface area contributed by atoms with Crippen molar-refractivity contribution < 1.29 is 9.18 Å².